The molecule has 1 aromatic carbocycles. The molecule has 3 nitrogen and oxygen atoms in total. The van der Waals surface area contributed by atoms with Crippen molar-refractivity contribution in [2.45, 2.75) is 71.1 Å². The molecule has 27 heavy (non-hydrogen) atoms. The smallest absolute Gasteiger partial charge is 0.232 e. The van der Waals surface area contributed by atoms with Gasteiger partial charge in [-0.2, -0.15) is 0 Å². The number of aryl methyl sites for hydroxylation is 1. The lowest BCUT2D eigenvalue weighted by atomic mass is 9.49. The van der Waals surface area contributed by atoms with Crippen molar-refractivity contribution in [1.29, 1.82) is 0 Å². The van der Waals surface area contributed by atoms with E-state index in [2.05, 4.69) is 56.2 Å². The fourth-order valence-corrected chi connectivity index (χ4v) is 6.19. The van der Waals surface area contributed by atoms with E-state index in [1.54, 1.807) is 6.20 Å². The molecule has 1 saturated carbocycles. The predicted molar refractivity (Wildman–Crippen MR) is 112 cm³/mol. The van der Waals surface area contributed by atoms with E-state index in [-0.39, 0.29) is 16.7 Å². The second kappa shape index (κ2) is 6.73. The zero-order valence-corrected chi connectivity index (χ0v) is 17.7. The summed E-state index contributed by atoms with van der Waals surface area (Å²) >= 11 is 1.49. The van der Waals surface area contributed by atoms with Crippen LogP contribution >= 0.6 is 11.3 Å². The van der Waals surface area contributed by atoms with Gasteiger partial charge in [0.25, 0.3) is 0 Å². The number of amides is 1. The van der Waals surface area contributed by atoms with Gasteiger partial charge in [0.15, 0.2) is 5.13 Å². The molecule has 0 bridgehead atoms. The molecule has 2 aliphatic rings. The molecular weight excluding hydrogens is 352 g/mol. The standard InChI is InChI=1S/C23H30N2OS/c1-15(2)16-6-8-18-17(14-16)7-9-19-22(18,3)10-5-11-23(19,4)20(26)25-21-24-12-13-27-21/h6,8,12-15,19H,5,7,9-11H2,1-4H3,(H,24,25,26)/t19-,22-,23+/m1/s1. The Morgan fingerprint density at radius 1 is 1.30 bits per heavy atom. The number of fused-ring (bicyclic) bond motifs is 3. The minimum absolute atomic E-state index is 0.0797. The van der Waals surface area contributed by atoms with E-state index in [4.69, 9.17) is 0 Å². The molecule has 1 amide bonds. The van der Waals surface area contributed by atoms with Gasteiger partial charge >= 0.3 is 0 Å². The second-order valence-electron chi connectivity index (χ2n) is 9.14. The lowest BCUT2D eigenvalue weighted by molar-refractivity contribution is -0.133. The molecule has 2 aromatic rings. The van der Waals surface area contributed by atoms with E-state index in [1.807, 2.05) is 5.38 Å². The summed E-state index contributed by atoms with van der Waals surface area (Å²) in [6.07, 6.45) is 7.15. The summed E-state index contributed by atoms with van der Waals surface area (Å²) in [6, 6.07) is 7.09. The SMILES string of the molecule is CC(C)c1ccc2c(c1)CC[C@H]1[C@@](C)(C(=O)Nc3nccs3)CCC[C@]21C. The van der Waals surface area contributed by atoms with Crippen molar-refractivity contribution < 1.29 is 4.79 Å². The largest absolute Gasteiger partial charge is 0.301 e. The van der Waals surface area contributed by atoms with Crippen molar-refractivity contribution in [3.8, 4) is 0 Å². The number of anilines is 1. The lowest BCUT2D eigenvalue weighted by Crippen LogP contribution is -2.53. The summed E-state index contributed by atoms with van der Waals surface area (Å²) < 4.78 is 0. The van der Waals surface area contributed by atoms with Gasteiger partial charge in [0.05, 0.1) is 5.41 Å². The molecule has 1 fully saturated rings. The quantitative estimate of drug-likeness (QED) is 0.716. The van der Waals surface area contributed by atoms with Crippen molar-refractivity contribution in [1.82, 2.24) is 4.98 Å². The highest BCUT2D eigenvalue weighted by atomic mass is 32.1. The minimum atomic E-state index is -0.340. The number of carbonyl (C=O) groups is 1. The average molecular weight is 383 g/mol. The van der Waals surface area contributed by atoms with Gasteiger partial charge in [0, 0.05) is 11.6 Å². The molecule has 4 heteroatoms. The molecule has 0 radical (unpaired) electrons. The zero-order valence-electron chi connectivity index (χ0n) is 16.8. The maximum atomic E-state index is 13.3. The molecule has 4 rings (SSSR count). The van der Waals surface area contributed by atoms with Gasteiger partial charge in [-0.05, 0) is 59.6 Å². The van der Waals surface area contributed by atoms with Gasteiger partial charge in [-0.15, -0.1) is 11.3 Å². The van der Waals surface area contributed by atoms with Crippen LogP contribution in [0, 0.1) is 11.3 Å². The van der Waals surface area contributed by atoms with Crippen LogP contribution in [0.2, 0.25) is 0 Å². The van der Waals surface area contributed by atoms with Crippen LogP contribution in [0.1, 0.15) is 76.0 Å². The summed E-state index contributed by atoms with van der Waals surface area (Å²) in [5, 5.41) is 5.72. The fraction of sp³-hybridized carbons (Fsp3) is 0.565. The Kier molecular flexibility index (Phi) is 4.66. The zero-order chi connectivity index (χ0) is 19.2. The molecule has 2 aliphatic carbocycles. The summed E-state index contributed by atoms with van der Waals surface area (Å²) in [5.41, 5.74) is 4.15. The van der Waals surface area contributed by atoms with Crippen LogP contribution in [0.25, 0.3) is 0 Å². The second-order valence-corrected chi connectivity index (χ2v) is 10.0. The Morgan fingerprint density at radius 3 is 2.81 bits per heavy atom. The van der Waals surface area contributed by atoms with Crippen molar-refractivity contribution in [3.05, 3.63) is 46.5 Å². The molecule has 144 valence electrons. The molecule has 1 heterocycles. The predicted octanol–water partition coefficient (Wildman–Crippen LogP) is 5.92. The van der Waals surface area contributed by atoms with Crippen LogP contribution in [0.3, 0.4) is 0 Å². The van der Waals surface area contributed by atoms with Crippen LogP contribution in [0.5, 0.6) is 0 Å². The van der Waals surface area contributed by atoms with Crippen LogP contribution in [0.15, 0.2) is 29.8 Å². The Labute approximate surface area is 166 Å². The van der Waals surface area contributed by atoms with Crippen LogP contribution in [-0.4, -0.2) is 10.9 Å². The molecule has 0 aliphatic heterocycles. The highest BCUT2D eigenvalue weighted by Crippen LogP contribution is 2.57. The summed E-state index contributed by atoms with van der Waals surface area (Å²) in [7, 11) is 0. The van der Waals surface area contributed by atoms with E-state index in [0.29, 0.717) is 17.0 Å². The van der Waals surface area contributed by atoms with Gasteiger partial charge in [0.1, 0.15) is 0 Å². The third kappa shape index (κ3) is 3.02. The molecule has 0 spiro atoms. The van der Waals surface area contributed by atoms with E-state index in [9.17, 15) is 4.79 Å². The van der Waals surface area contributed by atoms with Gasteiger partial charge in [0.2, 0.25) is 5.91 Å². The van der Waals surface area contributed by atoms with Crippen molar-refractivity contribution in [3.63, 3.8) is 0 Å². The topological polar surface area (TPSA) is 42.0 Å². The number of carbonyl (C=O) groups excluding carboxylic acids is 1. The van der Waals surface area contributed by atoms with Crippen molar-refractivity contribution >= 4 is 22.4 Å². The maximum absolute atomic E-state index is 13.3. The Bertz CT molecular complexity index is 844. The first-order valence-corrected chi connectivity index (χ1v) is 11.1. The first kappa shape index (κ1) is 18.7. The highest BCUT2D eigenvalue weighted by molar-refractivity contribution is 7.13. The Balaban J connectivity index is 1.69. The van der Waals surface area contributed by atoms with E-state index in [1.165, 1.54) is 34.4 Å². The van der Waals surface area contributed by atoms with Gasteiger partial charge in [-0.25, -0.2) is 4.98 Å². The summed E-state index contributed by atoms with van der Waals surface area (Å²) in [5.74, 6) is 1.08. The number of hydrogen-bond acceptors (Lipinski definition) is 3. The third-order valence-electron chi connectivity index (χ3n) is 7.22. The normalized spacial score (nSPS) is 29.9. The van der Waals surface area contributed by atoms with Crippen molar-refractivity contribution in [2.24, 2.45) is 11.3 Å². The van der Waals surface area contributed by atoms with E-state index in [0.717, 1.165) is 25.7 Å². The number of benzene rings is 1. The van der Waals surface area contributed by atoms with Gasteiger partial charge < -0.3 is 5.32 Å². The maximum Gasteiger partial charge on any atom is 0.232 e. The van der Waals surface area contributed by atoms with Crippen LogP contribution < -0.4 is 5.32 Å². The Morgan fingerprint density at radius 2 is 2.11 bits per heavy atom. The number of aromatic nitrogens is 1. The molecule has 0 unspecified atom stereocenters. The number of hydrogen-bond donors (Lipinski definition) is 1. The van der Waals surface area contributed by atoms with Gasteiger partial charge in [-0.1, -0.05) is 52.3 Å². The van der Waals surface area contributed by atoms with E-state index < -0.39 is 0 Å². The third-order valence-corrected chi connectivity index (χ3v) is 7.90. The number of nitrogens with zero attached hydrogens (tertiary/aromatic N) is 1. The highest BCUT2D eigenvalue weighted by Gasteiger charge is 2.55. The molecular formula is C23H30N2OS. The molecule has 3 atom stereocenters. The molecule has 1 N–H and O–H groups in total. The first-order valence-electron chi connectivity index (χ1n) is 10.2. The first-order chi connectivity index (χ1) is 12.8. The van der Waals surface area contributed by atoms with Crippen LogP contribution in [-0.2, 0) is 16.6 Å². The Hall–Kier alpha value is -1.68. The van der Waals surface area contributed by atoms with Crippen molar-refractivity contribution in [2.75, 3.05) is 5.32 Å². The number of rotatable bonds is 3. The molecule has 1 aromatic heterocycles. The summed E-state index contributed by atoms with van der Waals surface area (Å²) in [4.78, 5) is 17.5. The summed E-state index contributed by atoms with van der Waals surface area (Å²) in [6.45, 7) is 9.11. The molecule has 0 saturated heterocycles. The number of nitrogens with one attached hydrogen (secondary N) is 1. The van der Waals surface area contributed by atoms with Gasteiger partial charge in [-0.3, -0.25) is 4.79 Å². The minimum Gasteiger partial charge on any atom is -0.301 e. The monoisotopic (exact) mass is 382 g/mol. The number of thiazole rings is 1. The van der Waals surface area contributed by atoms with E-state index >= 15 is 0 Å². The fourth-order valence-electron chi connectivity index (χ4n) is 5.67. The van der Waals surface area contributed by atoms with Crippen LogP contribution in [0.4, 0.5) is 5.13 Å². The lowest BCUT2D eigenvalue weighted by Gasteiger charge is -2.54. The average Bonchev–Trinajstić information content (AvgIpc) is 3.14.